The molecule has 8 heteroatoms. The number of carbonyl (C=O) groups excluding carboxylic acids is 1. The third kappa shape index (κ3) is 4.85. The van der Waals surface area contributed by atoms with E-state index >= 15 is 0 Å². The van der Waals surface area contributed by atoms with Crippen molar-refractivity contribution in [3.05, 3.63) is 46.3 Å². The summed E-state index contributed by atoms with van der Waals surface area (Å²) in [7, 11) is 0. The predicted molar refractivity (Wildman–Crippen MR) is 89.3 cm³/mol. The van der Waals surface area contributed by atoms with Gasteiger partial charge >= 0.3 is 6.09 Å². The highest BCUT2D eigenvalue weighted by Gasteiger charge is 2.43. The van der Waals surface area contributed by atoms with Gasteiger partial charge in [0.25, 0.3) is 0 Å². The number of rotatable bonds is 6. The van der Waals surface area contributed by atoms with E-state index in [4.69, 9.17) is 15.0 Å². The standard InChI is InChI=1S/C17H22N4O4/c18-21-20-13-8-9-14(24-16(13)22)15(12-6-7-12)25-17(23)19-10-11-4-2-1-3-5-11/h1-5,12-16,22H,6-10H2,(H,19,23)/t13?,14-,15-,16?/m0/s1. The van der Waals surface area contributed by atoms with Crippen molar-refractivity contribution in [2.24, 2.45) is 11.0 Å². The number of benzene rings is 1. The highest BCUT2D eigenvalue weighted by atomic mass is 16.6. The fraction of sp³-hybridized carbons (Fsp3) is 0.588. The van der Waals surface area contributed by atoms with Crippen molar-refractivity contribution in [3.8, 4) is 0 Å². The van der Waals surface area contributed by atoms with Gasteiger partial charge in [0.2, 0.25) is 0 Å². The summed E-state index contributed by atoms with van der Waals surface area (Å²) in [6.07, 6.45) is 0.621. The number of aliphatic hydroxyl groups is 1. The van der Waals surface area contributed by atoms with E-state index in [2.05, 4.69) is 15.3 Å². The third-order valence-electron chi connectivity index (χ3n) is 4.57. The van der Waals surface area contributed by atoms with Crippen LogP contribution in [0.4, 0.5) is 4.79 Å². The number of nitrogens with one attached hydrogen (secondary N) is 1. The Hall–Kier alpha value is -2.28. The van der Waals surface area contributed by atoms with Crippen molar-refractivity contribution in [1.29, 1.82) is 0 Å². The van der Waals surface area contributed by atoms with Gasteiger partial charge in [-0.25, -0.2) is 4.79 Å². The van der Waals surface area contributed by atoms with Gasteiger partial charge in [-0.2, -0.15) is 0 Å². The lowest BCUT2D eigenvalue weighted by atomic mass is 9.98. The quantitative estimate of drug-likeness (QED) is 0.468. The van der Waals surface area contributed by atoms with Gasteiger partial charge in [0.1, 0.15) is 6.10 Å². The lowest BCUT2D eigenvalue weighted by Gasteiger charge is -2.35. The highest BCUT2D eigenvalue weighted by Crippen LogP contribution is 2.39. The fourth-order valence-electron chi connectivity index (χ4n) is 3.07. The van der Waals surface area contributed by atoms with Crippen LogP contribution in [0.5, 0.6) is 0 Å². The van der Waals surface area contributed by atoms with Gasteiger partial charge in [0, 0.05) is 11.5 Å². The van der Waals surface area contributed by atoms with Crippen molar-refractivity contribution in [2.75, 3.05) is 0 Å². The number of hydrogen-bond donors (Lipinski definition) is 2. The molecule has 2 fully saturated rings. The minimum absolute atomic E-state index is 0.260. The van der Waals surface area contributed by atoms with Gasteiger partial charge in [0.15, 0.2) is 6.29 Å². The van der Waals surface area contributed by atoms with E-state index in [1.165, 1.54) is 0 Å². The van der Waals surface area contributed by atoms with Crippen molar-refractivity contribution in [3.63, 3.8) is 0 Å². The van der Waals surface area contributed by atoms with Crippen LogP contribution in [0.25, 0.3) is 10.4 Å². The average Bonchev–Trinajstić information content (AvgIpc) is 3.46. The SMILES string of the molecule is [N-]=[N+]=NC1CC[C@@H]([C@@H](OC(=O)NCc2ccccc2)C2CC2)OC1O. The molecule has 3 rings (SSSR count). The zero-order chi connectivity index (χ0) is 17.6. The number of azide groups is 1. The van der Waals surface area contributed by atoms with Crippen LogP contribution in [0.2, 0.25) is 0 Å². The monoisotopic (exact) mass is 346 g/mol. The third-order valence-corrected chi connectivity index (χ3v) is 4.57. The normalized spacial score (nSPS) is 27.0. The molecule has 1 aromatic carbocycles. The van der Waals surface area contributed by atoms with Crippen molar-refractivity contribution in [1.82, 2.24) is 5.32 Å². The highest BCUT2D eigenvalue weighted by molar-refractivity contribution is 5.67. The molecule has 0 spiro atoms. The van der Waals surface area contributed by atoms with Crippen LogP contribution < -0.4 is 5.32 Å². The maximum Gasteiger partial charge on any atom is 0.407 e. The van der Waals surface area contributed by atoms with Crippen LogP contribution in [-0.4, -0.2) is 35.7 Å². The summed E-state index contributed by atoms with van der Waals surface area (Å²) in [5.41, 5.74) is 9.49. The number of amides is 1. The molecule has 4 atom stereocenters. The van der Waals surface area contributed by atoms with E-state index < -0.39 is 24.5 Å². The molecular formula is C17H22N4O4. The Morgan fingerprint density at radius 1 is 1.36 bits per heavy atom. The minimum Gasteiger partial charge on any atom is -0.443 e. The Labute approximate surface area is 145 Å². The second kappa shape index (κ2) is 8.20. The number of aliphatic hydroxyl groups excluding tert-OH is 1. The molecule has 134 valence electrons. The number of carbonyl (C=O) groups is 1. The molecular weight excluding hydrogens is 324 g/mol. The lowest BCUT2D eigenvalue weighted by molar-refractivity contribution is -0.200. The number of nitrogens with zero attached hydrogens (tertiary/aromatic N) is 3. The van der Waals surface area contributed by atoms with E-state index in [1.807, 2.05) is 30.3 Å². The number of hydrogen-bond acceptors (Lipinski definition) is 5. The molecule has 2 aliphatic rings. The van der Waals surface area contributed by atoms with E-state index in [-0.39, 0.29) is 12.0 Å². The Morgan fingerprint density at radius 2 is 2.12 bits per heavy atom. The predicted octanol–water partition coefficient (Wildman–Crippen LogP) is 2.87. The first-order chi connectivity index (χ1) is 12.2. The molecule has 1 amide bonds. The molecule has 2 unspecified atom stereocenters. The molecule has 1 aromatic rings. The first kappa shape index (κ1) is 17.5. The van der Waals surface area contributed by atoms with Crippen LogP contribution in [0.15, 0.2) is 35.4 Å². The van der Waals surface area contributed by atoms with Gasteiger partial charge in [0.05, 0.1) is 12.1 Å². The molecule has 1 saturated heterocycles. The van der Waals surface area contributed by atoms with E-state index in [9.17, 15) is 9.90 Å². The summed E-state index contributed by atoms with van der Waals surface area (Å²) in [4.78, 5) is 14.9. The fourth-order valence-corrected chi connectivity index (χ4v) is 3.07. The summed E-state index contributed by atoms with van der Waals surface area (Å²) >= 11 is 0. The zero-order valence-electron chi connectivity index (χ0n) is 13.8. The molecule has 1 aliphatic heterocycles. The molecule has 1 aliphatic carbocycles. The maximum atomic E-state index is 12.1. The topological polar surface area (TPSA) is 117 Å². The lowest BCUT2D eigenvalue weighted by Crippen LogP contribution is -2.46. The summed E-state index contributed by atoms with van der Waals surface area (Å²) in [6.45, 7) is 0.393. The first-order valence-electron chi connectivity index (χ1n) is 8.53. The van der Waals surface area contributed by atoms with Gasteiger partial charge in [-0.1, -0.05) is 35.4 Å². The maximum absolute atomic E-state index is 12.1. The molecule has 8 nitrogen and oxygen atoms in total. The van der Waals surface area contributed by atoms with Gasteiger partial charge in [-0.15, -0.1) is 0 Å². The van der Waals surface area contributed by atoms with Gasteiger partial charge in [-0.05, 0) is 42.7 Å². The second-order valence-corrected chi connectivity index (χ2v) is 6.46. The number of alkyl carbamates (subject to hydrolysis) is 1. The smallest absolute Gasteiger partial charge is 0.407 e. The second-order valence-electron chi connectivity index (χ2n) is 6.46. The largest absolute Gasteiger partial charge is 0.443 e. The van der Waals surface area contributed by atoms with Gasteiger partial charge < -0.3 is 19.9 Å². The van der Waals surface area contributed by atoms with Crippen LogP contribution in [0.3, 0.4) is 0 Å². The van der Waals surface area contributed by atoms with Gasteiger partial charge in [-0.3, -0.25) is 0 Å². The van der Waals surface area contributed by atoms with E-state index in [0.29, 0.717) is 19.4 Å². The Kier molecular flexibility index (Phi) is 5.75. The first-order valence-corrected chi connectivity index (χ1v) is 8.53. The summed E-state index contributed by atoms with van der Waals surface area (Å²) < 4.78 is 11.2. The Bertz CT molecular complexity index is 631. The van der Waals surface area contributed by atoms with Crippen molar-refractivity contribution < 1.29 is 19.4 Å². The zero-order valence-corrected chi connectivity index (χ0v) is 13.8. The van der Waals surface area contributed by atoms with Crippen LogP contribution in [0.1, 0.15) is 31.2 Å². The molecule has 1 heterocycles. The molecule has 1 saturated carbocycles. The summed E-state index contributed by atoms with van der Waals surface area (Å²) in [5, 5.41) is 16.2. The Balaban J connectivity index is 1.53. The number of ether oxygens (including phenoxy) is 2. The van der Waals surface area contributed by atoms with Crippen LogP contribution >= 0.6 is 0 Å². The molecule has 2 N–H and O–H groups in total. The molecule has 0 radical (unpaired) electrons. The average molecular weight is 346 g/mol. The van der Waals surface area contributed by atoms with Crippen LogP contribution in [-0.2, 0) is 16.0 Å². The summed E-state index contributed by atoms with van der Waals surface area (Å²) in [6, 6.07) is 9.00. The van der Waals surface area contributed by atoms with Crippen LogP contribution in [0, 0.1) is 5.92 Å². The molecule has 25 heavy (non-hydrogen) atoms. The molecule has 0 bridgehead atoms. The van der Waals surface area contributed by atoms with E-state index in [1.54, 1.807) is 0 Å². The van der Waals surface area contributed by atoms with Crippen molar-refractivity contribution in [2.45, 2.75) is 56.8 Å². The Morgan fingerprint density at radius 3 is 2.76 bits per heavy atom. The summed E-state index contributed by atoms with van der Waals surface area (Å²) in [5.74, 6) is 0.260. The minimum atomic E-state index is -1.16. The molecule has 0 aromatic heterocycles. The van der Waals surface area contributed by atoms with E-state index in [0.717, 1.165) is 18.4 Å². The van der Waals surface area contributed by atoms with Crippen molar-refractivity contribution >= 4 is 6.09 Å².